The molecule has 1 amide bonds. The molecule has 0 spiro atoms. The van der Waals surface area contributed by atoms with Crippen molar-refractivity contribution in [1.29, 1.82) is 0 Å². The molecule has 0 saturated heterocycles. The van der Waals surface area contributed by atoms with Gasteiger partial charge in [0, 0.05) is 18.2 Å². The molecule has 2 N–H and O–H groups in total. The van der Waals surface area contributed by atoms with Crippen LogP contribution in [0.1, 0.15) is 37.4 Å². The van der Waals surface area contributed by atoms with Crippen molar-refractivity contribution >= 4 is 5.91 Å². The number of nitrogens with one attached hydrogen (secondary N) is 2. The molecule has 0 radical (unpaired) electrons. The quantitative estimate of drug-likeness (QED) is 0.793. The van der Waals surface area contributed by atoms with Gasteiger partial charge in [-0.15, -0.1) is 0 Å². The first kappa shape index (κ1) is 15.5. The van der Waals surface area contributed by atoms with E-state index in [1.165, 1.54) is 0 Å². The average molecular weight is 264 g/mol. The first-order valence-corrected chi connectivity index (χ1v) is 6.73. The Morgan fingerprint density at radius 2 is 2.16 bits per heavy atom. The molecule has 106 valence electrons. The summed E-state index contributed by atoms with van der Waals surface area (Å²) in [6, 6.07) is 6.16. The maximum absolute atomic E-state index is 11.5. The predicted octanol–water partition coefficient (Wildman–Crippen LogP) is 2.18. The fourth-order valence-corrected chi connectivity index (χ4v) is 1.86. The molecule has 4 heteroatoms. The van der Waals surface area contributed by atoms with E-state index in [4.69, 9.17) is 4.74 Å². The Labute approximate surface area is 115 Å². The molecule has 0 aliphatic rings. The van der Waals surface area contributed by atoms with Crippen molar-refractivity contribution in [3.63, 3.8) is 0 Å². The molecule has 1 rings (SSSR count). The van der Waals surface area contributed by atoms with Gasteiger partial charge < -0.3 is 15.4 Å². The minimum absolute atomic E-state index is 0.0276. The summed E-state index contributed by atoms with van der Waals surface area (Å²) in [7, 11) is 1.67. The molecule has 0 fully saturated rings. The number of benzene rings is 1. The van der Waals surface area contributed by atoms with Gasteiger partial charge in [0.2, 0.25) is 5.91 Å². The molecule has 0 saturated carbocycles. The lowest BCUT2D eigenvalue weighted by Gasteiger charge is -2.17. The van der Waals surface area contributed by atoms with E-state index in [2.05, 4.69) is 10.6 Å². The van der Waals surface area contributed by atoms with Crippen LogP contribution in [0.3, 0.4) is 0 Å². The van der Waals surface area contributed by atoms with Crippen LogP contribution in [0, 0.1) is 6.92 Å². The molecule has 1 atom stereocenters. The molecule has 0 aliphatic heterocycles. The molecular weight excluding hydrogens is 240 g/mol. The predicted molar refractivity (Wildman–Crippen MR) is 77.4 cm³/mol. The van der Waals surface area contributed by atoms with Crippen molar-refractivity contribution in [3.05, 3.63) is 29.3 Å². The summed E-state index contributed by atoms with van der Waals surface area (Å²) in [5.74, 6) is 0.883. The van der Waals surface area contributed by atoms with E-state index in [-0.39, 0.29) is 11.9 Å². The van der Waals surface area contributed by atoms with Crippen LogP contribution in [0.4, 0.5) is 0 Å². The van der Waals surface area contributed by atoms with E-state index in [0.717, 1.165) is 29.8 Å². The van der Waals surface area contributed by atoms with E-state index in [1.807, 2.05) is 39.0 Å². The lowest BCUT2D eigenvalue weighted by molar-refractivity contribution is -0.120. The van der Waals surface area contributed by atoms with E-state index >= 15 is 0 Å². The van der Waals surface area contributed by atoms with E-state index in [0.29, 0.717) is 6.54 Å². The topological polar surface area (TPSA) is 50.4 Å². The molecule has 0 aromatic heterocycles. The monoisotopic (exact) mass is 264 g/mol. The average Bonchev–Trinajstić information content (AvgIpc) is 2.42. The standard InChI is InChI=1S/C15H24N2O2/c1-5-8-16-15(18)10-17-12(3)13-7-6-11(2)9-14(13)19-4/h6-7,9,12,17H,5,8,10H2,1-4H3,(H,16,18). The Hall–Kier alpha value is -1.55. The minimum Gasteiger partial charge on any atom is -0.496 e. The Balaban J connectivity index is 2.58. The van der Waals surface area contributed by atoms with Crippen LogP contribution in [0.2, 0.25) is 0 Å². The lowest BCUT2D eigenvalue weighted by atomic mass is 10.0. The number of aryl methyl sites for hydroxylation is 1. The number of carbonyl (C=O) groups excluding carboxylic acids is 1. The highest BCUT2D eigenvalue weighted by Gasteiger charge is 2.12. The van der Waals surface area contributed by atoms with Gasteiger partial charge in [0.1, 0.15) is 5.75 Å². The third-order valence-corrected chi connectivity index (χ3v) is 3.00. The molecule has 1 aromatic rings. The molecular formula is C15H24N2O2. The van der Waals surface area contributed by atoms with Gasteiger partial charge in [0.25, 0.3) is 0 Å². The number of ether oxygens (including phenoxy) is 1. The summed E-state index contributed by atoms with van der Waals surface area (Å²) in [5, 5.41) is 6.05. The van der Waals surface area contributed by atoms with Crippen molar-refractivity contribution < 1.29 is 9.53 Å². The van der Waals surface area contributed by atoms with E-state index in [9.17, 15) is 4.79 Å². The van der Waals surface area contributed by atoms with Crippen molar-refractivity contribution in [2.75, 3.05) is 20.2 Å². The number of hydrogen-bond acceptors (Lipinski definition) is 3. The summed E-state index contributed by atoms with van der Waals surface area (Å²) < 4.78 is 5.38. The molecule has 0 bridgehead atoms. The second-order valence-electron chi connectivity index (χ2n) is 4.70. The Morgan fingerprint density at radius 3 is 2.79 bits per heavy atom. The van der Waals surface area contributed by atoms with Crippen LogP contribution in [0.5, 0.6) is 5.75 Å². The SMILES string of the molecule is CCCNC(=O)CNC(C)c1ccc(C)cc1OC. The van der Waals surface area contributed by atoms with Crippen LogP contribution < -0.4 is 15.4 Å². The number of amides is 1. The van der Waals surface area contributed by atoms with Crippen LogP contribution >= 0.6 is 0 Å². The Bertz CT molecular complexity index is 419. The first-order valence-electron chi connectivity index (χ1n) is 6.73. The molecule has 0 heterocycles. The van der Waals surface area contributed by atoms with Crippen molar-refractivity contribution in [2.24, 2.45) is 0 Å². The molecule has 1 aromatic carbocycles. The maximum Gasteiger partial charge on any atom is 0.233 e. The highest BCUT2D eigenvalue weighted by molar-refractivity contribution is 5.78. The van der Waals surface area contributed by atoms with Crippen LogP contribution in [0.15, 0.2) is 18.2 Å². The molecule has 19 heavy (non-hydrogen) atoms. The molecule has 4 nitrogen and oxygen atoms in total. The minimum atomic E-state index is 0.0276. The number of rotatable bonds is 7. The van der Waals surface area contributed by atoms with Gasteiger partial charge in [-0.05, 0) is 31.9 Å². The fourth-order valence-electron chi connectivity index (χ4n) is 1.86. The second kappa shape index (κ2) is 7.79. The van der Waals surface area contributed by atoms with Crippen LogP contribution in [-0.2, 0) is 4.79 Å². The Kier molecular flexibility index (Phi) is 6.36. The van der Waals surface area contributed by atoms with E-state index < -0.39 is 0 Å². The second-order valence-corrected chi connectivity index (χ2v) is 4.70. The van der Waals surface area contributed by atoms with Crippen molar-refractivity contribution in [1.82, 2.24) is 10.6 Å². The number of methoxy groups -OCH3 is 1. The molecule has 1 unspecified atom stereocenters. The summed E-state index contributed by atoms with van der Waals surface area (Å²) in [5.41, 5.74) is 2.23. The molecule has 0 aliphatic carbocycles. The van der Waals surface area contributed by atoms with Gasteiger partial charge in [-0.2, -0.15) is 0 Å². The summed E-state index contributed by atoms with van der Waals surface area (Å²) in [4.78, 5) is 11.5. The smallest absolute Gasteiger partial charge is 0.233 e. The highest BCUT2D eigenvalue weighted by atomic mass is 16.5. The van der Waals surface area contributed by atoms with Gasteiger partial charge in [0.05, 0.1) is 13.7 Å². The van der Waals surface area contributed by atoms with E-state index in [1.54, 1.807) is 7.11 Å². The number of carbonyl (C=O) groups is 1. The largest absolute Gasteiger partial charge is 0.496 e. The summed E-state index contributed by atoms with van der Waals surface area (Å²) >= 11 is 0. The normalized spacial score (nSPS) is 12.0. The van der Waals surface area contributed by atoms with Gasteiger partial charge in [-0.1, -0.05) is 19.1 Å². The lowest BCUT2D eigenvalue weighted by Crippen LogP contribution is -2.35. The zero-order chi connectivity index (χ0) is 14.3. The third kappa shape index (κ3) is 4.91. The van der Waals surface area contributed by atoms with Crippen LogP contribution in [0.25, 0.3) is 0 Å². The van der Waals surface area contributed by atoms with Gasteiger partial charge >= 0.3 is 0 Å². The van der Waals surface area contributed by atoms with Gasteiger partial charge in [0.15, 0.2) is 0 Å². The summed E-state index contributed by atoms with van der Waals surface area (Å²) in [6.07, 6.45) is 0.951. The maximum atomic E-state index is 11.5. The summed E-state index contributed by atoms with van der Waals surface area (Å²) in [6.45, 7) is 7.14. The van der Waals surface area contributed by atoms with Crippen molar-refractivity contribution in [3.8, 4) is 5.75 Å². The van der Waals surface area contributed by atoms with Gasteiger partial charge in [-0.3, -0.25) is 4.79 Å². The highest BCUT2D eigenvalue weighted by Crippen LogP contribution is 2.25. The van der Waals surface area contributed by atoms with Gasteiger partial charge in [-0.25, -0.2) is 0 Å². The Morgan fingerprint density at radius 1 is 1.42 bits per heavy atom. The zero-order valence-electron chi connectivity index (χ0n) is 12.2. The zero-order valence-corrected chi connectivity index (χ0v) is 12.2. The number of hydrogen-bond donors (Lipinski definition) is 2. The van der Waals surface area contributed by atoms with Crippen LogP contribution in [-0.4, -0.2) is 26.1 Å². The third-order valence-electron chi connectivity index (χ3n) is 3.00. The first-order chi connectivity index (χ1) is 9.08. The van der Waals surface area contributed by atoms with Crippen molar-refractivity contribution in [2.45, 2.75) is 33.2 Å². The fraction of sp³-hybridized carbons (Fsp3) is 0.533.